The van der Waals surface area contributed by atoms with Crippen LogP contribution in [0.4, 0.5) is 23.2 Å². The van der Waals surface area contributed by atoms with E-state index < -0.39 is 17.6 Å². The number of hydrogen-bond donors (Lipinski definition) is 1. The van der Waals surface area contributed by atoms with Crippen LogP contribution in [-0.2, 0) is 6.18 Å². The molecule has 0 aliphatic rings. The Morgan fingerprint density at radius 3 is 2.33 bits per heavy atom. The number of anilines is 1. The molecule has 0 spiro atoms. The van der Waals surface area contributed by atoms with Gasteiger partial charge in [0.1, 0.15) is 5.82 Å². The molecule has 0 fully saturated rings. The second kappa shape index (κ2) is 6.62. The fraction of sp³-hybridized carbons (Fsp3) is 0.308. The summed E-state index contributed by atoms with van der Waals surface area (Å²) in [6, 6.07) is 2.54. The van der Waals surface area contributed by atoms with Crippen LogP contribution < -0.4 is 10.6 Å². The molecule has 0 bridgehead atoms. The normalized spacial score (nSPS) is 11.2. The minimum Gasteiger partial charge on any atom is -0.376 e. The average Bonchev–Trinajstić information content (AvgIpc) is 2.34. The van der Waals surface area contributed by atoms with E-state index >= 15 is 0 Å². The molecule has 21 heavy (non-hydrogen) atoms. The molecule has 0 heterocycles. The van der Waals surface area contributed by atoms with Gasteiger partial charge in [-0.25, -0.2) is 4.39 Å². The van der Waals surface area contributed by atoms with Crippen molar-refractivity contribution in [2.45, 2.75) is 20.0 Å². The van der Waals surface area contributed by atoms with Gasteiger partial charge in [0.2, 0.25) is 0 Å². The molecule has 0 saturated heterocycles. The number of allylic oxidation sites excluding steroid dienone is 1. The van der Waals surface area contributed by atoms with E-state index in [2.05, 4.69) is 0 Å². The molecule has 1 rings (SSSR count). The van der Waals surface area contributed by atoms with Gasteiger partial charge in [0.25, 0.3) is 0 Å². The van der Waals surface area contributed by atoms with Crippen LogP contribution in [0, 0.1) is 5.82 Å². The highest BCUT2D eigenvalue weighted by Gasteiger charge is 2.34. The first-order valence-corrected chi connectivity index (χ1v) is 6.58. The number of alkyl halides is 3. The van der Waals surface area contributed by atoms with Crippen molar-refractivity contribution < 1.29 is 17.6 Å². The molecule has 8 heteroatoms. The summed E-state index contributed by atoms with van der Waals surface area (Å²) in [7, 11) is 0. The smallest absolute Gasteiger partial charge is 0.376 e. The van der Waals surface area contributed by atoms with Gasteiger partial charge >= 0.3 is 6.18 Å². The lowest BCUT2D eigenvalue weighted by Crippen LogP contribution is -2.36. The summed E-state index contributed by atoms with van der Waals surface area (Å²) in [6.07, 6.45) is -4.80. The molecular formula is C13H13ClF4N2S. The SMILES string of the molecule is CC(C)=C(Cl)CN(C(N)=S)c1ccc(F)c(C(F)(F)F)c1. The maximum absolute atomic E-state index is 13.3. The molecule has 0 radical (unpaired) electrons. The number of hydrogen-bond acceptors (Lipinski definition) is 1. The largest absolute Gasteiger partial charge is 0.419 e. The quantitative estimate of drug-likeness (QED) is 0.652. The molecule has 0 saturated carbocycles. The monoisotopic (exact) mass is 340 g/mol. The fourth-order valence-corrected chi connectivity index (χ4v) is 1.78. The predicted octanol–water partition coefficient (Wildman–Crippen LogP) is 4.43. The highest BCUT2D eigenvalue weighted by molar-refractivity contribution is 7.80. The minimum absolute atomic E-state index is 0.0160. The van der Waals surface area contributed by atoms with Crippen LogP contribution in [-0.4, -0.2) is 11.7 Å². The Balaban J connectivity index is 3.28. The summed E-state index contributed by atoms with van der Waals surface area (Å²) in [5, 5.41) is 0.231. The third-order valence-corrected chi connectivity index (χ3v) is 3.39. The van der Waals surface area contributed by atoms with Gasteiger partial charge in [0.05, 0.1) is 12.1 Å². The second-order valence-corrected chi connectivity index (χ2v) is 5.37. The Hall–Kier alpha value is -1.34. The van der Waals surface area contributed by atoms with E-state index in [0.29, 0.717) is 11.1 Å². The van der Waals surface area contributed by atoms with Gasteiger partial charge in [-0.2, -0.15) is 13.2 Å². The van der Waals surface area contributed by atoms with Gasteiger partial charge in [0.15, 0.2) is 5.11 Å². The number of nitrogens with zero attached hydrogens (tertiary/aromatic N) is 1. The first-order valence-electron chi connectivity index (χ1n) is 5.79. The maximum Gasteiger partial charge on any atom is 0.419 e. The summed E-state index contributed by atoms with van der Waals surface area (Å²) in [5.41, 5.74) is 4.93. The highest BCUT2D eigenvalue weighted by atomic mass is 35.5. The Labute approximate surface area is 130 Å². The van der Waals surface area contributed by atoms with Gasteiger partial charge in [-0.1, -0.05) is 17.2 Å². The van der Waals surface area contributed by atoms with Gasteiger partial charge in [-0.05, 0) is 44.3 Å². The van der Waals surface area contributed by atoms with Crippen LogP contribution in [0.15, 0.2) is 28.8 Å². The molecule has 0 aromatic heterocycles. The van der Waals surface area contributed by atoms with Crippen LogP contribution >= 0.6 is 23.8 Å². The number of benzene rings is 1. The Bertz CT molecular complexity index is 580. The Morgan fingerprint density at radius 1 is 1.33 bits per heavy atom. The Morgan fingerprint density at radius 2 is 1.90 bits per heavy atom. The number of nitrogens with two attached hydrogens (primary N) is 1. The fourth-order valence-electron chi connectivity index (χ4n) is 1.49. The second-order valence-electron chi connectivity index (χ2n) is 4.49. The number of rotatable bonds is 3. The molecule has 2 nitrogen and oxygen atoms in total. The van der Waals surface area contributed by atoms with Crippen molar-refractivity contribution in [2.75, 3.05) is 11.4 Å². The molecule has 1 aromatic carbocycles. The van der Waals surface area contributed by atoms with E-state index in [9.17, 15) is 17.6 Å². The maximum atomic E-state index is 13.3. The lowest BCUT2D eigenvalue weighted by molar-refractivity contribution is -0.139. The van der Waals surface area contributed by atoms with Crippen LogP contribution in [0.2, 0.25) is 0 Å². The summed E-state index contributed by atoms with van der Waals surface area (Å²) >= 11 is 10.8. The number of thiocarbonyl (C=S) groups is 1. The molecule has 116 valence electrons. The van der Waals surface area contributed by atoms with Gasteiger partial charge in [-0.3, -0.25) is 0 Å². The molecule has 0 amide bonds. The van der Waals surface area contributed by atoms with E-state index in [1.165, 1.54) is 11.0 Å². The van der Waals surface area contributed by atoms with Crippen LogP contribution in [0.3, 0.4) is 0 Å². The molecule has 0 aliphatic carbocycles. The summed E-state index contributed by atoms with van der Waals surface area (Å²) < 4.78 is 51.5. The highest BCUT2D eigenvalue weighted by Crippen LogP contribution is 2.34. The molecule has 0 unspecified atom stereocenters. The van der Waals surface area contributed by atoms with Crippen molar-refractivity contribution >= 4 is 34.6 Å². The number of halogens is 5. The predicted molar refractivity (Wildman–Crippen MR) is 79.8 cm³/mol. The van der Waals surface area contributed by atoms with Crippen molar-refractivity contribution in [1.29, 1.82) is 0 Å². The molecule has 1 aromatic rings. The summed E-state index contributed by atoms with van der Waals surface area (Å²) in [4.78, 5) is 1.21. The molecule has 0 aliphatic heterocycles. The summed E-state index contributed by atoms with van der Waals surface area (Å²) in [5.74, 6) is -1.36. The zero-order valence-corrected chi connectivity index (χ0v) is 12.8. The molecular weight excluding hydrogens is 328 g/mol. The zero-order chi connectivity index (χ0) is 16.4. The van der Waals surface area contributed by atoms with Crippen LogP contribution in [0.5, 0.6) is 0 Å². The molecule has 0 atom stereocenters. The van der Waals surface area contributed by atoms with E-state index in [1.54, 1.807) is 13.8 Å². The average molecular weight is 341 g/mol. The lowest BCUT2D eigenvalue weighted by Gasteiger charge is -2.24. The van der Waals surface area contributed by atoms with Crippen molar-refractivity contribution in [2.24, 2.45) is 5.73 Å². The van der Waals surface area contributed by atoms with E-state index in [0.717, 1.165) is 11.6 Å². The first kappa shape index (κ1) is 17.7. The van der Waals surface area contributed by atoms with E-state index in [-0.39, 0.29) is 17.3 Å². The van der Waals surface area contributed by atoms with Crippen molar-refractivity contribution in [3.05, 3.63) is 40.2 Å². The van der Waals surface area contributed by atoms with E-state index in [4.69, 9.17) is 29.6 Å². The van der Waals surface area contributed by atoms with Gasteiger partial charge in [-0.15, -0.1) is 0 Å². The van der Waals surface area contributed by atoms with Crippen molar-refractivity contribution in [3.8, 4) is 0 Å². The summed E-state index contributed by atoms with van der Waals surface area (Å²) in [6.45, 7) is 3.50. The van der Waals surface area contributed by atoms with Crippen LogP contribution in [0.1, 0.15) is 19.4 Å². The van der Waals surface area contributed by atoms with Gasteiger partial charge < -0.3 is 10.6 Å². The zero-order valence-electron chi connectivity index (χ0n) is 11.3. The molecule has 2 N–H and O–H groups in total. The van der Waals surface area contributed by atoms with Gasteiger partial charge in [0, 0.05) is 10.7 Å². The van der Waals surface area contributed by atoms with Crippen molar-refractivity contribution in [1.82, 2.24) is 0 Å². The first-order chi connectivity index (χ1) is 9.54. The van der Waals surface area contributed by atoms with Crippen molar-refractivity contribution in [3.63, 3.8) is 0 Å². The third-order valence-electron chi connectivity index (χ3n) is 2.67. The minimum atomic E-state index is -4.80. The van der Waals surface area contributed by atoms with E-state index in [1.807, 2.05) is 0 Å². The van der Waals surface area contributed by atoms with Crippen LogP contribution in [0.25, 0.3) is 0 Å². The Kier molecular flexibility index (Phi) is 5.58. The lowest BCUT2D eigenvalue weighted by atomic mass is 10.1. The standard InChI is InChI=1S/C13H13ClF4N2S/c1-7(2)10(14)6-20(12(19)21)8-3-4-11(15)9(5-8)13(16,17)18/h3-5H,6H2,1-2H3,(H2,19,21). The topological polar surface area (TPSA) is 29.3 Å². The third kappa shape index (κ3) is 4.57.